The summed E-state index contributed by atoms with van der Waals surface area (Å²) >= 11 is 0. The summed E-state index contributed by atoms with van der Waals surface area (Å²) in [5, 5.41) is 9.85. The standard InChI is InChI=1S/C37H45N3O3/c1-37(2,3)31-11-12-33-29(19-31)17-28-18-30(20-34(28)39-33)35(42)21-26(14-16-40-15-4-5-32(40)23-41)24-6-8-25(9-7-24)27-10-13-36(43)38-22-27/h6-10,13,17-18,22,26,31-32,41H,4-5,11-12,14-16,19-21,23H2,1-3H3,(H,38,43)/t26-,31-,32-/m0/s1. The maximum atomic E-state index is 13.9. The minimum Gasteiger partial charge on any atom is -0.395 e. The number of Topliss-reactive ketones (excluding diaryl/α,β-unsaturated/α-hetero) is 1. The Balaban J connectivity index is 1.20. The molecule has 6 rings (SSSR count). The molecule has 2 N–H and O–H groups in total. The highest BCUT2D eigenvalue weighted by Crippen LogP contribution is 2.39. The number of likely N-dealkylation sites (tertiary alicyclic amines) is 1. The molecule has 0 unspecified atom stereocenters. The number of nitrogens with one attached hydrogen (secondary N) is 1. The molecule has 1 fully saturated rings. The number of pyridine rings is 2. The highest BCUT2D eigenvalue weighted by Gasteiger charge is 2.32. The Morgan fingerprint density at radius 2 is 1.88 bits per heavy atom. The molecule has 6 nitrogen and oxygen atoms in total. The Labute approximate surface area is 255 Å². The third-order valence-electron chi connectivity index (χ3n) is 10.2. The molecule has 1 saturated heterocycles. The van der Waals surface area contributed by atoms with Gasteiger partial charge in [-0.05, 0) is 115 Å². The van der Waals surface area contributed by atoms with Crippen LogP contribution in [0.4, 0.5) is 0 Å². The second-order valence-corrected chi connectivity index (χ2v) is 14.0. The molecule has 0 radical (unpaired) electrons. The van der Waals surface area contributed by atoms with Crippen molar-refractivity contribution in [2.24, 2.45) is 11.3 Å². The summed E-state index contributed by atoms with van der Waals surface area (Å²) in [5.41, 5.74) is 8.96. The molecule has 1 aromatic carbocycles. The van der Waals surface area contributed by atoms with Gasteiger partial charge in [-0.3, -0.25) is 19.5 Å². The maximum absolute atomic E-state index is 13.9. The minimum absolute atomic E-state index is 0.0791. The van der Waals surface area contributed by atoms with Crippen LogP contribution in [0.2, 0.25) is 0 Å². The number of carbonyl (C=O) groups excluding carboxylic acids is 1. The van der Waals surface area contributed by atoms with Crippen LogP contribution in [0, 0.1) is 11.3 Å². The van der Waals surface area contributed by atoms with Crippen molar-refractivity contribution in [3.8, 4) is 11.1 Å². The highest BCUT2D eigenvalue weighted by molar-refractivity contribution is 6.02. The molecule has 2 aliphatic carbocycles. The number of rotatable bonds is 9. The molecule has 0 bridgehead atoms. The van der Waals surface area contributed by atoms with Crippen LogP contribution in [0.1, 0.15) is 86.9 Å². The number of hydrogen-bond donors (Lipinski definition) is 2. The average Bonchev–Trinajstić information content (AvgIpc) is 3.64. The van der Waals surface area contributed by atoms with Crippen LogP contribution in [0.25, 0.3) is 17.2 Å². The number of nitrogens with zero attached hydrogens (tertiary/aromatic N) is 2. The van der Waals surface area contributed by atoms with Gasteiger partial charge in [-0.15, -0.1) is 0 Å². The number of carbonyl (C=O) groups is 1. The van der Waals surface area contributed by atoms with Gasteiger partial charge in [0.2, 0.25) is 5.56 Å². The molecule has 3 heterocycles. The number of aromatic amines is 1. The van der Waals surface area contributed by atoms with Gasteiger partial charge in [-0.25, -0.2) is 0 Å². The lowest BCUT2D eigenvalue weighted by atomic mass is 9.71. The highest BCUT2D eigenvalue weighted by atomic mass is 16.3. The molecule has 3 aliphatic rings. The third-order valence-corrected chi connectivity index (χ3v) is 10.2. The summed E-state index contributed by atoms with van der Waals surface area (Å²) in [4.78, 5) is 35.6. The van der Waals surface area contributed by atoms with E-state index in [0.717, 1.165) is 78.7 Å². The first-order valence-corrected chi connectivity index (χ1v) is 16.1. The van der Waals surface area contributed by atoms with Crippen molar-refractivity contribution in [2.75, 3.05) is 19.7 Å². The Morgan fingerprint density at radius 1 is 1.09 bits per heavy atom. The predicted molar refractivity (Wildman–Crippen MR) is 172 cm³/mol. The van der Waals surface area contributed by atoms with E-state index < -0.39 is 0 Å². The minimum atomic E-state index is -0.116. The van der Waals surface area contributed by atoms with Crippen molar-refractivity contribution in [1.82, 2.24) is 14.9 Å². The number of aryl methyl sites for hydroxylation is 1. The summed E-state index contributed by atoms with van der Waals surface area (Å²) in [7, 11) is 0. The summed E-state index contributed by atoms with van der Waals surface area (Å²) in [6, 6.07) is 14.3. The normalized spacial score (nSPS) is 20.9. The zero-order chi connectivity index (χ0) is 30.1. The van der Waals surface area contributed by atoms with Gasteiger partial charge in [0.25, 0.3) is 0 Å². The van der Waals surface area contributed by atoms with Crippen molar-refractivity contribution in [1.29, 1.82) is 0 Å². The van der Waals surface area contributed by atoms with Crippen LogP contribution in [-0.2, 0) is 24.1 Å². The predicted octanol–water partition coefficient (Wildman–Crippen LogP) is 6.12. The molecule has 226 valence electrons. The fourth-order valence-electron chi connectivity index (χ4n) is 7.33. The molecule has 0 saturated carbocycles. The van der Waals surface area contributed by atoms with Gasteiger partial charge in [0.1, 0.15) is 0 Å². The largest absolute Gasteiger partial charge is 0.395 e. The van der Waals surface area contributed by atoms with E-state index in [0.29, 0.717) is 18.8 Å². The van der Waals surface area contributed by atoms with Gasteiger partial charge in [0.05, 0.1) is 12.3 Å². The number of ketones is 1. The topological polar surface area (TPSA) is 86.3 Å². The first-order chi connectivity index (χ1) is 20.7. The van der Waals surface area contributed by atoms with Crippen molar-refractivity contribution in [2.45, 2.75) is 84.1 Å². The number of allylic oxidation sites excluding steroid dienone is 1. The molecule has 1 aliphatic heterocycles. The van der Waals surface area contributed by atoms with E-state index in [-0.39, 0.29) is 35.3 Å². The van der Waals surface area contributed by atoms with E-state index in [9.17, 15) is 14.7 Å². The van der Waals surface area contributed by atoms with Crippen LogP contribution in [0.5, 0.6) is 0 Å². The molecular weight excluding hydrogens is 534 g/mol. The summed E-state index contributed by atoms with van der Waals surface area (Å²) < 4.78 is 0. The van der Waals surface area contributed by atoms with Crippen LogP contribution >= 0.6 is 0 Å². The zero-order valence-corrected chi connectivity index (χ0v) is 25.9. The van der Waals surface area contributed by atoms with Crippen molar-refractivity contribution in [3.63, 3.8) is 0 Å². The van der Waals surface area contributed by atoms with Crippen LogP contribution in [-0.4, -0.2) is 51.5 Å². The number of H-pyrrole nitrogens is 1. The summed E-state index contributed by atoms with van der Waals surface area (Å²) in [6.45, 7) is 9.07. The van der Waals surface area contributed by atoms with Gasteiger partial charge in [0.15, 0.2) is 5.78 Å². The van der Waals surface area contributed by atoms with E-state index in [1.54, 1.807) is 12.3 Å². The lowest BCUT2D eigenvalue weighted by Gasteiger charge is -2.34. The molecule has 3 atom stereocenters. The van der Waals surface area contributed by atoms with Crippen molar-refractivity contribution in [3.05, 3.63) is 92.7 Å². The summed E-state index contributed by atoms with van der Waals surface area (Å²) in [6.07, 6.45) is 11.2. The van der Waals surface area contributed by atoms with Crippen LogP contribution < -0.4 is 5.56 Å². The van der Waals surface area contributed by atoms with E-state index in [2.05, 4.69) is 67.1 Å². The quantitative estimate of drug-likeness (QED) is 0.319. The molecule has 0 spiro atoms. The van der Waals surface area contributed by atoms with E-state index in [1.807, 2.05) is 6.07 Å². The van der Waals surface area contributed by atoms with Gasteiger partial charge < -0.3 is 10.1 Å². The summed E-state index contributed by atoms with van der Waals surface area (Å²) in [5.74, 6) is 0.942. The third kappa shape index (κ3) is 6.61. The lowest BCUT2D eigenvalue weighted by molar-refractivity contribution is -0.116. The second kappa shape index (κ2) is 12.3. The zero-order valence-electron chi connectivity index (χ0n) is 25.9. The second-order valence-electron chi connectivity index (χ2n) is 14.0. The van der Waals surface area contributed by atoms with E-state index >= 15 is 0 Å². The van der Waals surface area contributed by atoms with Gasteiger partial charge >= 0.3 is 0 Å². The molecule has 0 amide bonds. The molecule has 6 heteroatoms. The monoisotopic (exact) mass is 579 g/mol. The maximum Gasteiger partial charge on any atom is 0.247 e. The fourth-order valence-corrected chi connectivity index (χ4v) is 7.33. The number of aliphatic hydroxyl groups is 1. The van der Waals surface area contributed by atoms with Crippen LogP contribution in [0.3, 0.4) is 0 Å². The van der Waals surface area contributed by atoms with Crippen molar-refractivity contribution >= 4 is 11.9 Å². The van der Waals surface area contributed by atoms with Gasteiger partial charge in [-0.1, -0.05) is 45.0 Å². The Bertz CT molecular complexity index is 1540. The molecule has 2 aromatic heterocycles. The van der Waals surface area contributed by atoms with E-state index in [4.69, 9.17) is 4.98 Å². The number of aliphatic hydroxyl groups excluding tert-OH is 1. The Morgan fingerprint density at radius 3 is 2.60 bits per heavy atom. The van der Waals surface area contributed by atoms with Crippen LogP contribution in [0.15, 0.2) is 59.0 Å². The Hall–Kier alpha value is -3.35. The van der Waals surface area contributed by atoms with E-state index in [1.165, 1.54) is 17.7 Å². The fraction of sp³-hybridized carbons (Fsp3) is 0.486. The number of aromatic nitrogens is 2. The van der Waals surface area contributed by atoms with Crippen molar-refractivity contribution < 1.29 is 9.90 Å². The average molecular weight is 580 g/mol. The Kier molecular flexibility index (Phi) is 8.52. The lowest BCUT2D eigenvalue weighted by Crippen LogP contribution is -2.33. The number of benzene rings is 1. The molecular formula is C37H45N3O3. The SMILES string of the molecule is CC(C)(C)[C@H]1CCc2nc3c(cc2C1)C=C(C(=O)C[C@H](CCN1CCC[C@H]1CO)c1ccc(-c2ccc(=O)[nH]c2)cc1)C3. The smallest absolute Gasteiger partial charge is 0.247 e. The molecule has 43 heavy (non-hydrogen) atoms. The first kappa shape index (κ1) is 29.7. The first-order valence-electron chi connectivity index (χ1n) is 16.1. The van der Waals surface area contributed by atoms with Gasteiger partial charge in [0, 0.05) is 42.4 Å². The molecule has 3 aromatic rings. The number of hydrogen-bond acceptors (Lipinski definition) is 5. The van der Waals surface area contributed by atoms with Gasteiger partial charge in [-0.2, -0.15) is 0 Å². The number of fused-ring (bicyclic) bond motifs is 2.